The normalized spacial score (nSPS) is 15.5. The van der Waals surface area contributed by atoms with E-state index in [4.69, 9.17) is 0 Å². The highest BCUT2D eigenvalue weighted by atomic mass is 79.9. The number of carbonyl (C=O) groups excluding carboxylic acids is 1. The zero-order chi connectivity index (χ0) is 14.9. The van der Waals surface area contributed by atoms with Crippen molar-refractivity contribution in [1.29, 1.82) is 0 Å². The molecule has 108 valence electrons. The summed E-state index contributed by atoms with van der Waals surface area (Å²) in [6.45, 7) is 0. The topological polar surface area (TPSA) is 42.0 Å². The molecule has 1 aliphatic rings. The van der Waals surface area contributed by atoms with E-state index in [2.05, 4.69) is 26.2 Å². The van der Waals surface area contributed by atoms with Gasteiger partial charge in [0.2, 0.25) is 5.91 Å². The maximum atomic E-state index is 12.6. The Morgan fingerprint density at radius 2 is 1.95 bits per heavy atom. The van der Waals surface area contributed by atoms with E-state index in [-0.39, 0.29) is 11.3 Å². The molecule has 0 spiro atoms. The average molecular weight is 363 g/mol. The third-order valence-corrected chi connectivity index (χ3v) is 4.97. The molecule has 0 unspecified atom stereocenters. The number of pyridine rings is 1. The average Bonchev–Trinajstić information content (AvgIpc) is 3.30. The molecule has 3 nitrogen and oxygen atoms in total. The van der Waals surface area contributed by atoms with Crippen molar-refractivity contribution in [2.45, 2.75) is 23.3 Å². The summed E-state index contributed by atoms with van der Waals surface area (Å²) >= 11 is 5.01. The molecule has 1 amide bonds. The Balaban J connectivity index is 1.76. The van der Waals surface area contributed by atoms with Gasteiger partial charge in [-0.3, -0.25) is 4.79 Å². The van der Waals surface area contributed by atoms with E-state index >= 15 is 0 Å². The molecule has 1 saturated carbocycles. The number of hydrogen-bond acceptors (Lipinski definition) is 3. The van der Waals surface area contributed by atoms with E-state index in [1.54, 1.807) is 18.0 Å². The number of benzene rings is 1. The summed E-state index contributed by atoms with van der Waals surface area (Å²) in [6.07, 6.45) is 5.49. The molecule has 0 aliphatic heterocycles. The lowest BCUT2D eigenvalue weighted by atomic mass is 9.95. The summed E-state index contributed by atoms with van der Waals surface area (Å²) in [4.78, 5) is 16.9. The first kappa shape index (κ1) is 14.6. The van der Waals surface area contributed by atoms with E-state index in [1.807, 2.05) is 42.7 Å². The largest absolute Gasteiger partial charge is 0.324 e. The Morgan fingerprint density at radius 1 is 1.24 bits per heavy atom. The molecule has 3 rings (SSSR count). The smallest absolute Gasteiger partial charge is 0.235 e. The van der Waals surface area contributed by atoms with Crippen molar-refractivity contribution in [1.82, 2.24) is 4.98 Å². The number of carbonyl (C=O) groups is 1. The summed E-state index contributed by atoms with van der Waals surface area (Å²) in [5.41, 5.74) is 1.47. The second kappa shape index (κ2) is 5.81. The van der Waals surface area contributed by atoms with Crippen molar-refractivity contribution in [2.75, 3.05) is 11.6 Å². The molecule has 1 aromatic carbocycles. The molecule has 0 bridgehead atoms. The van der Waals surface area contributed by atoms with E-state index in [0.29, 0.717) is 0 Å². The Labute approximate surface area is 136 Å². The monoisotopic (exact) mass is 362 g/mol. The lowest BCUT2D eigenvalue weighted by molar-refractivity contribution is -0.118. The SMILES string of the molecule is CSc1ccc(NC(=O)C2(c3ccc(Br)cc3)CC2)cn1. The van der Waals surface area contributed by atoms with Crippen LogP contribution in [0.4, 0.5) is 5.69 Å². The third-order valence-electron chi connectivity index (χ3n) is 3.78. The molecule has 2 aromatic rings. The number of nitrogens with one attached hydrogen (secondary N) is 1. The Morgan fingerprint density at radius 3 is 2.48 bits per heavy atom. The Bertz CT molecular complexity index is 651. The maximum absolute atomic E-state index is 12.6. The van der Waals surface area contributed by atoms with Gasteiger partial charge in [0.25, 0.3) is 0 Å². The van der Waals surface area contributed by atoms with Crippen molar-refractivity contribution in [3.63, 3.8) is 0 Å². The number of hydrogen-bond donors (Lipinski definition) is 1. The molecule has 1 fully saturated rings. The van der Waals surface area contributed by atoms with Crippen LogP contribution in [-0.4, -0.2) is 17.1 Å². The standard InChI is InChI=1S/C16H15BrN2OS/c1-21-14-7-6-13(10-18-14)19-15(20)16(8-9-16)11-2-4-12(17)5-3-11/h2-7,10H,8-9H2,1H3,(H,19,20). The van der Waals surface area contributed by atoms with Gasteiger partial charge < -0.3 is 5.32 Å². The number of thioether (sulfide) groups is 1. The highest BCUT2D eigenvalue weighted by molar-refractivity contribution is 9.10. The van der Waals surface area contributed by atoms with Crippen LogP contribution >= 0.6 is 27.7 Å². The van der Waals surface area contributed by atoms with Crippen LogP contribution in [0.5, 0.6) is 0 Å². The van der Waals surface area contributed by atoms with Crippen molar-refractivity contribution < 1.29 is 4.79 Å². The molecule has 0 radical (unpaired) electrons. The lowest BCUT2D eigenvalue weighted by Gasteiger charge is -2.16. The Hall–Kier alpha value is -1.33. The summed E-state index contributed by atoms with van der Waals surface area (Å²) in [7, 11) is 0. The van der Waals surface area contributed by atoms with Crippen molar-refractivity contribution >= 4 is 39.3 Å². The van der Waals surface area contributed by atoms with Crippen LogP contribution in [0, 0.1) is 0 Å². The highest BCUT2D eigenvalue weighted by Gasteiger charge is 2.51. The number of halogens is 1. The van der Waals surface area contributed by atoms with Crippen LogP contribution < -0.4 is 5.32 Å². The minimum atomic E-state index is -0.362. The van der Waals surface area contributed by atoms with Crippen LogP contribution in [0.2, 0.25) is 0 Å². The Kier molecular flexibility index (Phi) is 4.04. The number of amides is 1. The summed E-state index contributed by atoms with van der Waals surface area (Å²) in [5, 5.41) is 3.93. The van der Waals surface area contributed by atoms with Gasteiger partial charge in [0, 0.05) is 4.47 Å². The first-order valence-corrected chi connectivity index (χ1v) is 8.73. The van der Waals surface area contributed by atoms with E-state index in [0.717, 1.165) is 33.6 Å². The van der Waals surface area contributed by atoms with Gasteiger partial charge in [0.1, 0.15) is 0 Å². The number of nitrogens with zero attached hydrogens (tertiary/aromatic N) is 1. The molecular weight excluding hydrogens is 348 g/mol. The first-order valence-electron chi connectivity index (χ1n) is 6.72. The number of rotatable bonds is 4. The molecule has 1 N–H and O–H groups in total. The van der Waals surface area contributed by atoms with Crippen molar-refractivity contribution in [3.05, 3.63) is 52.6 Å². The fourth-order valence-electron chi connectivity index (χ4n) is 2.37. The third kappa shape index (κ3) is 2.99. The molecule has 0 atom stereocenters. The predicted molar refractivity (Wildman–Crippen MR) is 89.7 cm³/mol. The van der Waals surface area contributed by atoms with Gasteiger partial charge in [-0.25, -0.2) is 4.98 Å². The van der Waals surface area contributed by atoms with Crippen LogP contribution in [0.15, 0.2) is 52.1 Å². The van der Waals surface area contributed by atoms with Crippen molar-refractivity contribution in [3.8, 4) is 0 Å². The van der Waals surface area contributed by atoms with Crippen LogP contribution in [-0.2, 0) is 10.2 Å². The minimum Gasteiger partial charge on any atom is -0.324 e. The van der Waals surface area contributed by atoms with Gasteiger partial charge in [-0.05, 0) is 48.9 Å². The molecule has 0 saturated heterocycles. The fraction of sp³-hybridized carbons (Fsp3) is 0.250. The second-order valence-electron chi connectivity index (χ2n) is 5.13. The van der Waals surface area contributed by atoms with Gasteiger partial charge >= 0.3 is 0 Å². The van der Waals surface area contributed by atoms with Crippen LogP contribution in [0.3, 0.4) is 0 Å². The summed E-state index contributed by atoms with van der Waals surface area (Å²) in [6, 6.07) is 11.8. The molecule has 1 heterocycles. The van der Waals surface area contributed by atoms with Gasteiger partial charge in [0.05, 0.1) is 22.3 Å². The van der Waals surface area contributed by atoms with Crippen LogP contribution in [0.1, 0.15) is 18.4 Å². The second-order valence-corrected chi connectivity index (χ2v) is 6.87. The number of aromatic nitrogens is 1. The fourth-order valence-corrected chi connectivity index (χ4v) is 2.99. The van der Waals surface area contributed by atoms with Crippen molar-refractivity contribution in [2.24, 2.45) is 0 Å². The highest BCUT2D eigenvalue weighted by Crippen LogP contribution is 2.49. The maximum Gasteiger partial charge on any atom is 0.235 e. The lowest BCUT2D eigenvalue weighted by Crippen LogP contribution is -2.27. The number of anilines is 1. The first-order chi connectivity index (χ1) is 10.1. The zero-order valence-corrected chi connectivity index (χ0v) is 14.0. The predicted octanol–water partition coefficient (Wildman–Crippen LogP) is 4.24. The van der Waals surface area contributed by atoms with E-state index in [9.17, 15) is 4.79 Å². The van der Waals surface area contributed by atoms with E-state index in [1.165, 1.54) is 0 Å². The van der Waals surface area contributed by atoms with Gasteiger partial charge in [0.15, 0.2) is 0 Å². The quantitative estimate of drug-likeness (QED) is 0.827. The molecule has 21 heavy (non-hydrogen) atoms. The summed E-state index contributed by atoms with van der Waals surface area (Å²) in [5.74, 6) is 0.0588. The van der Waals surface area contributed by atoms with Crippen LogP contribution in [0.25, 0.3) is 0 Å². The van der Waals surface area contributed by atoms with Gasteiger partial charge in [-0.1, -0.05) is 28.1 Å². The van der Waals surface area contributed by atoms with Gasteiger partial charge in [-0.2, -0.15) is 0 Å². The summed E-state index contributed by atoms with van der Waals surface area (Å²) < 4.78 is 1.03. The molecule has 1 aliphatic carbocycles. The molecule has 5 heteroatoms. The molecule has 1 aromatic heterocycles. The minimum absolute atomic E-state index is 0.0588. The molecular formula is C16H15BrN2OS. The van der Waals surface area contributed by atoms with Gasteiger partial charge in [-0.15, -0.1) is 11.8 Å². The zero-order valence-electron chi connectivity index (χ0n) is 11.6. The van der Waals surface area contributed by atoms with E-state index < -0.39 is 0 Å².